The highest BCUT2D eigenvalue weighted by molar-refractivity contribution is 5.01. The van der Waals surface area contributed by atoms with Crippen molar-refractivity contribution in [2.75, 3.05) is 13.6 Å². The van der Waals surface area contributed by atoms with Crippen molar-refractivity contribution in [3.8, 4) is 0 Å². The first-order valence-corrected chi connectivity index (χ1v) is 6.82. The summed E-state index contributed by atoms with van der Waals surface area (Å²) in [7, 11) is 4.06. The van der Waals surface area contributed by atoms with Crippen LogP contribution in [0.2, 0.25) is 0 Å². The van der Waals surface area contributed by atoms with Crippen molar-refractivity contribution < 1.29 is 0 Å². The van der Waals surface area contributed by atoms with Crippen molar-refractivity contribution in [3.05, 3.63) is 18.0 Å². The van der Waals surface area contributed by atoms with Gasteiger partial charge in [0.2, 0.25) is 0 Å². The molecule has 17 heavy (non-hydrogen) atoms. The highest BCUT2D eigenvalue weighted by atomic mass is 15.2. The molecule has 3 unspecified atom stereocenters. The fourth-order valence-corrected chi connectivity index (χ4v) is 3.18. The van der Waals surface area contributed by atoms with Crippen molar-refractivity contribution in [3.63, 3.8) is 0 Å². The van der Waals surface area contributed by atoms with E-state index in [1.807, 2.05) is 11.7 Å². The van der Waals surface area contributed by atoms with Gasteiger partial charge in [0, 0.05) is 13.2 Å². The number of nitrogens with zero attached hydrogens (tertiary/aromatic N) is 2. The van der Waals surface area contributed by atoms with Gasteiger partial charge in [0.05, 0.1) is 5.69 Å². The van der Waals surface area contributed by atoms with E-state index in [9.17, 15) is 0 Å². The summed E-state index contributed by atoms with van der Waals surface area (Å²) in [6.07, 6.45) is 7.33. The monoisotopic (exact) mass is 235 g/mol. The second kappa shape index (κ2) is 5.67. The molecular formula is C14H25N3. The molecule has 1 saturated carbocycles. The first kappa shape index (κ1) is 12.6. The Labute approximate surface area is 105 Å². The van der Waals surface area contributed by atoms with Crippen LogP contribution in [0.25, 0.3) is 0 Å². The van der Waals surface area contributed by atoms with E-state index < -0.39 is 0 Å². The van der Waals surface area contributed by atoms with Crippen molar-refractivity contribution >= 4 is 0 Å². The molecule has 1 aromatic rings. The van der Waals surface area contributed by atoms with Gasteiger partial charge in [-0.25, -0.2) is 0 Å². The van der Waals surface area contributed by atoms with E-state index in [0.29, 0.717) is 0 Å². The van der Waals surface area contributed by atoms with Crippen molar-refractivity contribution in [1.29, 1.82) is 0 Å². The number of aromatic nitrogens is 2. The van der Waals surface area contributed by atoms with Crippen LogP contribution in [0.5, 0.6) is 0 Å². The zero-order valence-electron chi connectivity index (χ0n) is 11.3. The normalized spacial score (nSPS) is 29.5. The van der Waals surface area contributed by atoms with Gasteiger partial charge in [0.15, 0.2) is 0 Å². The standard InChI is InChI=1S/C14H25N3/c1-11-4-5-12(10-15-2)13(8-11)9-14-6-7-17(3)16-14/h6-7,11-13,15H,4-5,8-10H2,1-3H3. The van der Waals surface area contributed by atoms with Crippen LogP contribution >= 0.6 is 0 Å². The fourth-order valence-electron chi connectivity index (χ4n) is 3.18. The highest BCUT2D eigenvalue weighted by Crippen LogP contribution is 2.35. The van der Waals surface area contributed by atoms with Gasteiger partial charge in [-0.2, -0.15) is 5.10 Å². The predicted molar refractivity (Wildman–Crippen MR) is 70.8 cm³/mol. The molecule has 1 aromatic heterocycles. The van der Waals surface area contributed by atoms with Gasteiger partial charge in [-0.15, -0.1) is 0 Å². The number of aryl methyl sites for hydroxylation is 1. The SMILES string of the molecule is CNCC1CCC(C)CC1Cc1ccn(C)n1. The Kier molecular flexibility index (Phi) is 4.21. The molecule has 0 spiro atoms. The van der Waals surface area contributed by atoms with Crippen LogP contribution in [-0.2, 0) is 13.5 Å². The van der Waals surface area contributed by atoms with Gasteiger partial charge in [0.1, 0.15) is 0 Å². The van der Waals surface area contributed by atoms with Crippen LogP contribution in [0.1, 0.15) is 31.9 Å². The van der Waals surface area contributed by atoms with Crippen LogP contribution in [0.4, 0.5) is 0 Å². The van der Waals surface area contributed by atoms with Crippen molar-refractivity contribution in [1.82, 2.24) is 15.1 Å². The summed E-state index contributed by atoms with van der Waals surface area (Å²) in [6.45, 7) is 3.55. The summed E-state index contributed by atoms with van der Waals surface area (Å²) in [4.78, 5) is 0. The first-order valence-electron chi connectivity index (χ1n) is 6.82. The average Bonchev–Trinajstić information content (AvgIpc) is 2.68. The molecule has 0 bridgehead atoms. The molecule has 3 heteroatoms. The molecule has 0 aliphatic heterocycles. The Morgan fingerprint density at radius 1 is 1.41 bits per heavy atom. The highest BCUT2D eigenvalue weighted by Gasteiger charge is 2.28. The van der Waals surface area contributed by atoms with E-state index in [1.54, 1.807) is 0 Å². The van der Waals surface area contributed by atoms with Crippen LogP contribution < -0.4 is 5.32 Å². The van der Waals surface area contributed by atoms with Crippen LogP contribution in [-0.4, -0.2) is 23.4 Å². The lowest BCUT2D eigenvalue weighted by Crippen LogP contribution is -2.32. The molecule has 1 aliphatic carbocycles. The van der Waals surface area contributed by atoms with Gasteiger partial charge >= 0.3 is 0 Å². The van der Waals surface area contributed by atoms with E-state index in [2.05, 4.69) is 36.7 Å². The maximum atomic E-state index is 4.52. The van der Waals surface area contributed by atoms with Crippen LogP contribution in [0.15, 0.2) is 12.3 Å². The third-order valence-electron chi connectivity index (χ3n) is 4.11. The summed E-state index contributed by atoms with van der Waals surface area (Å²) in [6, 6.07) is 2.16. The molecule has 2 rings (SSSR count). The Morgan fingerprint density at radius 2 is 2.24 bits per heavy atom. The zero-order valence-corrected chi connectivity index (χ0v) is 11.3. The summed E-state index contributed by atoms with van der Waals surface area (Å²) >= 11 is 0. The topological polar surface area (TPSA) is 29.9 Å². The Balaban J connectivity index is 1.99. The molecule has 1 heterocycles. The van der Waals surface area contributed by atoms with Gasteiger partial charge in [-0.3, -0.25) is 4.68 Å². The molecule has 0 aromatic carbocycles. The number of hydrogen-bond donors (Lipinski definition) is 1. The van der Waals surface area contributed by atoms with Crippen molar-refractivity contribution in [2.24, 2.45) is 24.8 Å². The minimum absolute atomic E-state index is 0.807. The van der Waals surface area contributed by atoms with Crippen LogP contribution in [0.3, 0.4) is 0 Å². The molecule has 3 atom stereocenters. The van der Waals surface area contributed by atoms with E-state index in [0.717, 1.165) is 30.7 Å². The van der Waals surface area contributed by atoms with E-state index >= 15 is 0 Å². The Bertz CT molecular complexity index is 345. The van der Waals surface area contributed by atoms with Gasteiger partial charge < -0.3 is 5.32 Å². The van der Waals surface area contributed by atoms with E-state index in [1.165, 1.54) is 25.0 Å². The molecule has 3 nitrogen and oxygen atoms in total. The minimum atomic E-state index is 0.807. The quantitative estimate of drug-likeness (QED) is 0.867. The van der Waals surface area contributed by atoms with Crippen LogP contribution in [0, 0.1) is 17.8 Å². The van der Waals surface area contributed by atoms with Gasteiger partial charge in [-0.1, -0.05) is 13.3 Å². The molecule has 0 radical (unpaired) electrons. The molecular weight excluding hydrogens is 210 g/mol. The maximum absolute atomic E-state index is 4.52. The fraction of sp³-hybridized carbons (Fsp3) is 0.786. The smallest absolute Gasteiger partial charge is 0.0627 e. The number of rotatable bonds is 4. The molecule has 0 amide bonds. The maximum Gasteiger partial charge on any atom is 0.0627 e. The van der Waals surface area contributed by atoms with Gasteiger partial charge in [0.25, 0.3) is 0 Å². The zero-order chi connectivity index (χ0) is 12.3. The second-order valence-electron chi connectivity index (χ2n) is 5.68. The van der Waals surface area contributed by atoms with E-state index in [4.69, 9.17) is 0 Å². The molecule has 1 aliphatic rings. The number of nitrogens with one attached hydrogen (secondary N) is 1. The van der Waals surface area contributed by atoms with Crippen molar-refractivity contribution in [2.45, 2.75) is 32.6 Å². The lowest BCUT2D eigenvalue weighted by Gasteiger charge is -2.34. The summed E-state index contributed by atoms with van der Waals surface area (Å²) in [5.41, 5.74) is 1.26. The largest absolute Gasteiger partial charge is 0.319 e. The summed E-state index contributed by atoms with van der Waals surface area (Å²) in [5.74, 6) is 2.52. The molecule has 1 N–H and O–H groups in total. The predicted octanol–water partition coefficient (Wildman–Crippen LogP) is 2.23. The van der Waals surface area contributed by atoms with Gasteiger partial charge in [-0.05, 0) is 56.7 Å². The lowest BCUT2D eigenvalue weighted by atomic mass is 9.73. The first-order chi connectivity index (χ1) is 8.19. The lowest BCUT2D eigenvalue weighted by molar-refractivity contribution is 0.185. The molecule has 0 saturated heterocycles. The summed E-state index contributed by atoms with van der Waals surface area (Å²) < 4.78 is 1.91. The minimum Gasteiger partial charge on any atom is -0.319 e. The average molecular weight is 235 g/mol. The second-order valence-corrected chi connectivity index (χ2v) is 5.68. The Morgan fingerprint density at radius 3 is 2.88 bits per heavy atom. The molecule has 1 fully saturated rings. The third-order valence-corrected chi connectivity index (χ3v) is 4.11. The molecule has 96 valence electrons. The number of hydrogen-bond acceptors (Lipinski definition) is 2. The van der Waals surface area contributed by atoms with E-state index in [-0.39, 0.29) is 0 Å². The summed E-state index contributed by atoms with van der Waals surface area (Å²) in [5, 5.41) is 7.87. The third kappa shape index (κ3) is 3.32. The Hall–Kier alpha value is -0.830.